The number of anilines is 1. The van der Waals surface area contributed by atoms with Gasteiger partial charge in [0, 0.05) is 6.54 Å². The Kier molecular flexibility index (Phi) is 5.32. The van der Waals surface area contributed by atoms with Crippen LogP contribution in [0.1, 0.15) is 34.3 Å². The summed E-state index contributed by atoms with van der Waals surface area (Å²) in [6.45, 7) is 4.95. The van der Waals surface area contributed by atoms with Crippen LogP contribution < -0.4 is 5.32 Å². The third-order valence-corrected chi connectivity index (χ3v) is 5.67. The van der Waals surface area contributed by atoms with E-state index in [0.717, 1.165) is 29.6 Å². The molecule has 1 amide bonds. The van der Waals surface area contributed by atoms with Crippen molar-refractivity contribution in [3.63, 3.8) is 0 Å². The summed E-state index contributed by atoms with van der Waals surface area (Å²) < 4.78 is 3.57. The van der Waals surface area contributed by atoms with Gasteiger partial charge in [-0.05, 0) is 47.4 Å². The first-order valence-electron chi connectivity index (χ1n) is 9.49. The zero-order valence-electron chi connectivity index (χ0n) is 16.5. The van der Waals surface area contributed by atoms with Crippen molar-refractivity contribution < 1.29 is 9.72 Å². The minimum Gasteiger partial charge on any atom is -0.358 e. The average molecular weight is 424 g/mol. The summed E-state index contributed by atoms with van der Waals surface area (Å²) in [4.78, 5) is 28.3. The Labute approximate surface area is 176 Å². The molecule has 154 valence electrons. The van der Waals surface area contributed by atoms with E-state index in [0.29, 0.717) is 23.1 Å². The Bertz CT molecular complexity index is 1240. The molecular formula is C20H20N6O3S. The van der Waals surface area contributed by atoms with Gasteiger partial charge in [0.05, 0.1) is 39.3 Å². The molecule has 0 aliphatic carbocycles. The fraction of sp³-hybridized carbons (Fsp3) is 0.250. The number of nitro groups is 1. The molecule has 4 aromatic rings. The fourth-order valence-electron chi connectivity index (χ4n) is 3.28. The standard InChI is InChI=1S/C20H20N6O3S/c1-3-8-24-16-7-5-4-6-15(16)21-20(24)22-19(27)17-10-14(12-30-17)11-25-13(2)9-18(23-25)26(28)29/h4-7,9-10,12H,3,8,11H2,1-2H3,(H,21,22,27). The number of hydrogen-bond donors (Lipinski definition) is 1. The Morgan fingerprint density at radius 3 is 2.83 bits per heavy atom. The largest absolute Gasteiger partial charge is 0.390 e. The monoisotopic (exact) mass is 424 g/mol. The zero-order chi connectivity index (χ0) is 21.3. The van der Waals surface area contributed by atoms with Crippen LogP contribution in [-0.4, -0.2) is 30.2 Å². The van der Waals surface area contributed by atoms with Crippen LogP contribution in [0.4, 0.5) is 11.8 Å². The van der Waals surface area contributed by atoms with Gasteiger partial charge >= 0.3 is 5.82 Å². The van der Waals surface area contributed by atoms with Gasteiger partial charge in [-0.1, -0.05) is 19.1 Å². The summed E-state index contributed by atoms with van der Waals surface area (Å²) in [6.07, 6.45) is 0.918. The van der Waals surface area contributed by atoms with Crippen molar-refractivity contribution in [3.8, 4) is 0 Å². The van der Waals surface area contributed by atoms with Gasteiger partial charge in [0.25, 0.3) is 5.91 Å². The minimum atomic E-state index is -0.515. The van der Waals surface area contributed by atoms with E-state index in [9.17, 15) is 14.9 Å². The third-order valence-electron chi connectivity index (χ3n) is 4.69. The molecule has 0 spiro atoms. The summed E-state index contributed by atoms with van der Waals surface area (Å²) in [5.74, 6) is 0.106. The summed E-state index contributed by atoms with van der Waals surface area (Å²) in [5, 5.41) is 19.7. The second-order valence-corrected chi connectivity index (χ2v) is 7.82. The molecule has 4 rings (SSSR count). The van der Waals surface area contributed by atoms with E-state index in [4.69, 9.17) is 0 Å². The van der Waals surface area contributed by atoms with Crippen molar-refractivity contribution in [3.05, 3.63) is 68.0 Å². The number of amides is 1. The van der Waals surface area contributed by atoms with Crippen LogP contribution in [0.25, 0.3) is 11.0 Å². The lowest BCUT2D eigenvalue weighted by Crippen LogP contribution is -2.15. The first-order chi connectivity index (χ1) is 14.5. The van der Waals surface area contributed by atoms with Crippen molar-refractivity contribution in [1.29, 1.82) is 0 Å². The fourth-order valence-corrected chi connectivity index (χ4v) is 4.07. The number of benzene rings is 1. The van der Waals surface area contributed by atoms with E-state index in [2.05, 4.69) is 22.3 Å². The van der Waals surface area contributed by atoms with Crippen molar-refractivity contribution in [2.75, 3.05) is 5.32 Å². The normalized spacial score (nSPS) is 11.1. The van der Waals surface area contributed by atoms with Crippen molar-refractivity contribution in [1.82, 2.24) is 19.3 Å². The average Bonchev–Trinajstić information content (AvgIpc) is 3.41. The highest BCUT2D eigenvalue weighted by atomic mass is 32.1. The number of para-hydroxylation sites is 2. The van der Waals surface area contributed by atoms with Crippen LogP contribution in [0, 0.1) is 17.0 Å². The number of thiophene rings is 1. The molecule has 9 nitrogen and oxygen atoms in total. The molecule has 0 unspecified atom stereocenters. The maximum Gasteiger partial charge on any atom is 0.390 e. The van der Waals surface area contributed by atoms with Crippen LogP contribution in [-0.2, 0) is 13.1 Å². The van der Waals surface area contributed by atoms with Gasteiger partial charge in [0.15, 0.2) is 0 Å². The molecule has 3 heterocycles. The number of nitrogens with one attached hydrogen (secondary N) is 1. The van der Waals surface area contributed by atoms with Gasteiger partial charge in [-0.3, -0.25) is 10.1 Å². The van der Waals surface area contributed by atoms with Gasteiger partial charge in [-0.15, -0.1) is 11.3 Å². The quantitative estimate of drug-likeness (QED) is 0.353. The van der Waals surface area contributed by atoms with E-state index in [1.165, 1.54) is 17.4 Å². The number of nitrogens with zero attached hydrogens (tertiary/aromatic N) is 5. The van der Waals surface area contributed by atoms with E-state index < -0.39 is 4.92 Å². The molecule has 30 heavy (non-hydrogen) atoms. The molecule has 1 aromatic carbocycles. The predicted octanol–water partition coefficient (Wildman–Crippen LogP) is 4.22. The van der Waals surface area contributed by atoms with Gasteiger partial charge in [-0.2, -0.15) is 4.68 Å². The Balaban J connectivity index is 1.53. The van der Waals surface area contributed by atoms with Gasteiger partial charge in [-0.25, -0.2) is 4.98 Å². The maximum atomic E-state index is 12.8. The Hall–Kier alpha value is -3.53. The zero-order valence-corrected chi connectivity index (χ0v) is 17.3. The highest BCUT2D eigenvalue weighted by molar-refractivity contribution is 7.12. The Morgan fingerprint density at radius 1 is 1.30 bits per heavy atom. The summed E-state index contributed by atoms with van der Waals surface area (Å²) in [7, 11) is 0. The second-order valence-electron chi connectivity index (χ2n) is 6.91. The number of carbonyl (C=O) groups is 1. The smallest absolute Gasteiger partial charge is 0.358 e. The Morgan fingerprint density at radius 2 is 2.10 bits per heavy atom. The van der Waals surface area contributed by atoms with Crippen LogP contribution >= 0.6 is 11.3 Å². The first kappa shape index (κ1) is 19.8. The third kappa shape index (κ3) is 3.81. The van der Waals surface area contributed by atoms with Gasteiger partial charge in [0.1, 0.15) is 0 Å². The highest BCUT2D eigenvalue weighted by Gasteiger charge is 2.18. The van der Waals surface area contributed by atoms with E-state index in [1.54, 1.807) is 17.7 Å². The van der Waals surface area contributed by atoms with Crippen LogP contribution in [0.3, 0.4) is 0 Å². The molecular weight excluding hydrogens is 404 g/mol. The lowest BCUT2D eigenvalue weighted by molar-refractivity contribution is -0.389. The molecule has 0 saturated carbocycles. The number of hydrogen-bond acceptors (Lipinski definition) is 6. The molecule has 1 N–H and O–H groups in total. The van der Waals surface area contributed by atoms with E-state index in [-0.39, 0.29) is 11.7 Å². The minimum absolute atomic E-state index is 0.185. The molecule has 0 saturated heterocycles. The summed E-state index contributed by atoms with van der Waals surface area (Å²) >= 11 is 1.32. The SMILES string of the molecule is CCCn1c(NC(=O)c2cc(Cn3nc([N+](=O)[O-])cc3C)cs2)nc2ccccc21. The van der Waals surface area contributed by atoms with E-state index >= 15 is 0 Å². The number of aromatic nitrogens is 4. The van der Waals surface area contributed by atoms with Crippen molar-refractivity contribution in [2.24, 2.45) is 0 Å². The molecule has 3 aromatic heterocycles. The highest BCUT2D eigenvalue weighted by Crippen LogP contribution is 2.23. The molecule has 0 bridgehead atoms. The summed E-state index contributed by atoms with van der Waals surface area (Å²) in [6, 6.07) is 11.0. The molecule has 0 aliphatic rings. The van der Waals surface area contributed by atoms with Crippen molar-refractivity contribution in [2.45, 2.75) is 33.4 Å². The molecule has 0 fully saturated rings. The summed E-state index contributed by atoms with van der Waals surface area (Å²) in [5.41, 5.74) is 3.36. The first-order valence-corrected chi connectivity index (χ1v) is 10.4. The van der Waals surface area contributed by atoms with Gasteiger partial charge < -0.3 is 14.7 Å². The maximum absolute atomic E-state index is 12.8. The molecule has 0 aliphatic heterocycles. The lowest BCUT2D eigenvalue weighted by Gasteiger charge is -2.08. The number of rotatable bonds is 7. The second kappa shape index (κ2) is 8.07. The number of aryl methyl sites for hydroxylation is 2. The van der Waals surface area contributed by atoms with E-state index in [1.807, 2.05) is 34.2 Å². The lowest BCUT2D eigenvalue weighted by atomic mass is 10.3. The van der Waals surface area contributed by atoms with Crippen molar-refractivity contribution >= 4 is 40.0 Å². The van der Waals surface area contributed by atoms with Crippen LogP contribution in [0.15, 0.2) is 41.8 Å². The van der Waals surface area contributed by atoms with Crippen LogP contribution in [0.2, 0.25) is 0 Å². The predicted molar refractivity (Wildman–Crippen MR) is 115 cm³/mol. The number of fused-ring (bicyclic) bond motifs is 1. The molecule has 10 heteroatoms. The number of imidazole rings is 1. The van der Waals surface area contributed by atoms with Gasteiger partial charge in [0.2, 0.25) is 5.95 Å². The van der Waals surface area contributed by atoms with Crippen LogP contribution in [0.5, 0.6) is 0 Å². The molecule has 0 radical (unpaired) electrons. The molecule has 0 atom stereocenters. The topological polar surface area (TPSA) is 108 Å². The number of carbonyl (C=O) groups excluding carboxylic acids is 1.